The molecule has 1 saturated heterocycles. The van der Waals surface area contributed by atoms with Gasteiger partial charge in [0.25, 0.3) is 0 Å². The minimum Gasteiger partial charge on any atom is -0.335 e. The summed E-state index contributed by atoms with van der Waals surface area (Å²) in [6.07, 6.45) is 8.79. The Morgan fingerprint density at radius 3 is 2.88 bits per heavy atom. The number of carbonyl (C=O) groups excluding carboxylic acids is 1. The van der Waals surface area contributed by atoms with Crippen LogP contribution in [0.25, 0.3) is 11.2 Å². The van der Waals surface area contributed by atoms with Crippen LogP contribution in [0.15, 0.2) is 18.3 Å². The highest BCUT2D eigenvalue weighted by Crippen LogP contribution is 2.28. The van der Waals surface area contributed by atoms with Gasteiger partial charge in [0.2, 0.25) is 0 Å². The number of amides is 2. The molecule has 1 atom stereocenters. The molecule has 0 aromatic carbocycles. The number of likely N-dealkylation sites (tertiary alicyclic amines) is 1. The molecular formula is C18H25N5O. The molecule has 2 aromatic heterocycles. The number of nitrogens with one attached hydrogen (secondary N) is 1. The molecule has 6 nitrogen and oxygen atoms in total. The van der Waals surface area contributed by atoms with Gasteiger partial charge in [-0.3, -0.25) is 0 Å². The first-order valence-electron chi connectivity index (χ1n) is 9.05. The summed E-state index contributed by atoms with van der Waals surface area (Å²) in [6, 6.07) is 4.37. The van der Waals surface area contributed by atoms with Crippen molar-refractivity contribution >= 4 is 17.2 Å². The Balaban J connectivity index is 1.43. The molecule has 2 amide bonds. The number of fused-ring (bicyclic) bond motifs is 1. The summed E-state index contributed by atoms with van der Waals surface area (Å²) in [5.41, 5.74) is 1.85. The fraction of sp³-hybridized carbons (Fsp3) is 0.611. The third kappa shape index (κ3) is 2.85. The number of rotatable bonds is 2. The zero-order chi connectivity index (χ0) is 16.5. The van der Waals surface area contributed by atoms with Gasteiger partial charge in [-0.1, -0.05) is 19.3 Å². The normalized spacial score (nSPS) is 22.2. The van der Waals surface area contributed by atoms with Crippen LogP contribution in [-0.2, 0) is 7.05 Å². The first-order chi connectivity index (χ1) is 11.7. The molecule has 0 radical (unpaired) electrons. The Labute approximate surface area is 142 Å². The highest BCUT2D eigenvalue weighted by atomic mass is 16.2. The van der Waals surface area contributed by atoms with Gasteiger partial charge in [0.05, 0.1) is 0 Å². The average Bonchev–Trinajstić information content (AvgIpc) is 3.21. The lowest BCUT2D eigenvalue weighted by atomic mass is 9.96. The van der Waals surface area contributed by atoms with Gasteiger partial charge in [-0.2, -0.15) is 0 Å². The Morgan fingerprint density at radius 1 is 1.25 bits per heavy atom. The zero-order valence-electron chi connectivity index (χ0n) is 14.2. The fourth-order valence-corrected chi connectivity index (χ4v) is 4.07. The third-order valence-electron chi connectivity index (χ3n) is 5.44. The van der Waals surface area contributed by atoms with Crippen molar-refractivity contribution in [3.8, 4) is 0 Å². The van der Waals surface area contributed by atoms with Gasteiger partial charge in [-0.15, -0.1) is 0 Å². The lowest BCUT2D eigenvalue weighted by molar-refractivity contribution is 0.200. The topological polar surface area (TPSA) is 63.1 Å². The van der Waals surface area contributed by atoms with Crippen molar-refractivity contribution in [1.82, 2.24) is 24.8 Å². The van der Waals surface area contributed by atoms with E-state index in [0.29, 0.717) is 12.0 Å². The fourth-order valence-electron chi connectivity index (χ4n) is 4.07. The van der Waals surface area contributed by atoms with E-state index in [4.69, 9.17) is 4.98 Å². The maximum atomic E-state index is 12.5. The van der Waals surface area contributed by atoms with E-state index in [2.05, 4.69) is 14.9 Å². The number of nitrogens with zero attached hydrogens (tertiary/aromatic N) is 4. The summed E-state index contributed by atoms with van der Waals surface area (Å²) in [4.78, 5) is 23.6. The van der Waals surface area contributed by atoms with Crippen molar-refractivity contribution in [1.29, 1.82) is 0 Å². The number of urea groups is 1. The van der Waals surface area contributed by atoms with Crippen LogP contribution < -0.4 is 5.32 Å². The molecule has 6 heteroatoms. The van der Waals surface area contributed by atoms with Gasteiger partial charge in [-0.25, -0.2) is 14.8 Å². The lowest BCUT2D eigenvalue weighted by Crippen LogP contribution is -2.44. The monoisotopic (exact) mass is 327 g/mol. The molecule has 128 valence electrons. The number of pyridine rings is 1. The number of aryl methyl sites for hydroxylation is 1. The smallest absolute Gasteiger partial charge is 0.317 e. The molecule has 0 spiro atoms. The summed E-state index contributed by atoms with van der Waals surface area (Å²) in [5.74, 6) is 1.33. The second kappa shape index (κ2) is 6.42. The molecule has 1 aliphatic heterocycles. The van der Waals surface area contributed by atoms with E-state index in [0.717, 1.165) is 49.3 Å². The van der Waals surface area contributed by atoms with Crippen LogP contribution in [0.4, 0.5) is 4.79 Å². The average molecular weight is 327 g/mol. The van der Waals surface area contributed by atoms with Crippen molar-refractivity contribution in [3.05, 3.63) is 24.2 Å². The lowest BCUT2D eigenvalue weighted by Gasteiger charge is -2.26. The molecule has 1 saturated carbocycles. The van der Waals surface area contributed by atoms with Gasteiger partial charge in [0, 0.05) is 38.3 Å². The number of carbonyl (C=O) groups is 1. The first kappa shape index (κ1) is 15.4. The van der Waals surface area contributed by atoms with Crippen molar-refractivity contribution in [3.63, 3.8) is 0 Å². The molecule has 0 unspecified atom stereocenters. The Kier molecular flexibility index (Phi) is 4.12. The molecule has 0 bridgehead atoms. The van der Waals surface area contributed by atoms with Gasteiger partial charge in [-0.05, 0) is 31.4 Å². The van der Waals surface area contributed by atoms with E-state index < -0.39 is 0 Å². The molecule has 2 fully saturated rings. The SMILES string of the molecule is Cn1c([C@H]2CCN(C(=O)NC3CCCCC3)C2)nc2cccnc21. The van der Waals surface area contributed by atoms with Crippen LogP contribution in [0.3, 0.4) is 0 Å². The highest BCUT2D eigenvalue weighted by Gasteiger charge is 2.31. The molecule has 1 aliphatic carbocycles. The summed E-state index contributed by atoms with van der Waals surface area (Å²) < 4.78 is 2.07. The van der Waals surface area contributed by atoms with Crippen molar-refractivity contribution in [2.75, 3.05) is 13.1 Å². The van der Waals surface area contributed by atoms with Crippen LogP contribution in [0.1, 0.15) is 50.3 Å². The minimum atomic E-state index is 0.0984. The predicted molar refractivity (Wildman–Crippen MR) is 92.8 cm³/mol. The predicted octanol–water partition coefficient (Wildman–Crippen LogP) is 2.80. The molecule has 3 heterocycles. The molecule has 1 N–H and O–H groups in total. The van der Waals surface area contributed by atoms with Gasteiger partial charge >= 0.3 is 6.03 Å². The van der Waals surface area contributed by atoms with Gasteiger partial charge in [0.1, 0.15) is 11.3 Å². The van der Waals surface area contributed by atoms with E-state index in [9.17, 15) is 4.79 Å². The van der Waals surface area contributed by atoms with Crippen LogP contribution in [0.2, 0.25) is 0 Å². The van der Waals surface area contributed by atoms with Crippen molar-refractivity contribution in [2.24, 2.45) is 7.05 Å². The number of hydrogen-bond donors (Lipinski definition) is 1. The maximum absolute atomic E-state index is 12.5. The van der Waals surface area contributed by atoms with E-state index >= 15 is 0 Å². The maximum Gasteiger partial charge on any atom is 0.317 e. The Morgan fingerprint density at radius 2 is 2.08 bits per heavy atom. The van der Waals surface area contributed by atoms with Crippen LogP contribution in [0.5, 0.6) is 0 Å². The van der Waals surface area contributed by atoms with E-state index in [1.54, 1.807) is 6.20 Å². The molecular weight excluding hydrogens is 302 g/mol. The quantitative estimate of drug-likeness (QED) is 0.922. The van der Waals surface area contributed by atoms with E-state index in [1.807, 2.05) is 24.1 Å². The van der Waals surface area contributed by atoms with Crippen molar-refractivity contribution < 1.29 is 4.79 Å². The largest absolute Gasteiger partial charge is 0.335 e. The molecule has 2 aromatic rings. The van der Waals surface area contributed by atoms with Crippen LogP contribution >= 0.6 is 0 Å². The van der Waals surface area contributed by atoms with Crippen LogP contribution in [0, 0.1) is 0 Å². The molecule has 2 aliphatic rings. The Bertz CT molecular complexity index is 734. The number of hydrogen-bond acceptors (Lipinski definition) is 3. The van der Waals surface area contributed by atoms with E-state index in [1.165, 1.54) is 19.3 Å². The van der Waals surface area contributed by atoms with Gasteiger partial charge in [0.15, 0.2) is 5.65 Å². The number of aromatic nitrogens is 3. The van der Waals surface area contributed by atoms with Crippen LogP contribution in [-0.4, -0.2) is 44.6 Å². The first-order valence-corrected chi connectivity index (χ1v) is 9.05. The van der Waals surface area contributed by atoms with E-state index in [-0.39, 0.29) is 6.03 Å². The zero-order valence-corrected chi connectivity index (χ0v) is 14.2. The Hall–Kier alpha value is -2.11. The standard InChI is InChI=1S/C18H25N5O/c1-22-16(21-15-8-5-10-19-17(15)22)13-9-11-23(12-13)18(24)20-14-6-3-2-4-7-14/h5,8,10,13-14H,2-4,6-7,9,11-12H2,1H3,(H,20,24)/t13-/m0/s1. The summed E-state index contributed by atoms with van der Waals surface area (Å²) in [5, 5.41) is 3.22. The highest BCUT2D eigenvalue weighted by molar-refractivity contribution is 5.75. The third-order valence-corrected chi connectivity index (χ3v) is 5.44. The van der Waals surface area contributed by atoms with Gasteiger partial charge < -0.3 is 14.8 Å². The summed E-state index contributed by atoms with van der Waals surface area (Å²) in [6.45, 7) is 1.55. The molecule has 24 heavy (non-hydrogen) atoms. The number of imidazole rings is 1. The second-order valence-electron chi connectivity index (χ2n) is 7.09. The second-order valence-corrected chi connectivity index (χ2v) is 7.09. The molecule has 4 rings (SSSR count). The summed E-state index contributed by atoms with van der Waals surface area (Å²) in [7, 11) is 2.02. The summed E-state index contributed by atoms with van der Waals surface area (Å²) >= 11 is 0. The van der Waals surface area contributed by atoms with Crippen molar-refractivity contribution in [2.45, 2.75) is 50.5 Å². The minimum absolute atomic E-state index is 0.0984.